The topological polar surface area (TPSA) is 25.2 Å². The van der Waals surface area contributed by atoms with Crippen molar-refractivity contribution in [2.75, 3.05) is 18.0 Å². The summed E-state index contributed by atoms with van der Waals surface area (Å²) in [5.41, 5.74) is 1.18. The molecule has 1 saturated heterocycles. The van der Waals surface area contributed by atoms with Crippen molar-refractivity contribution >= 4 is 17.3 Å². The molecule has 1 aromatic carbocycles. The second-order valence-corrected chi connectivity index (χ2v) is 7.72. The molecule has 0 atom stereocenters. The van der Waals surface area contributed by atoms with E-state index in [-0.39, 0.29) is 16.5 Å². The zero-order valence-electron chi connectivity index (χ0n) is 14.4. The lowest BCUT2D eigenvalue weighted by Crippen LogP contribution is -2.35. The molecule has 6 heteroatoms. The number of rotatable bonds is 4. The summed E-state index contributed by atoms with van der Waals surface area (Å²) in [6.45, 7) is 2.12. The summed E-state index contributed by atoms with van der Waals surface area (Å²) in [5.74, 6) is -0.372. The van der Waals surface area contributed by atoms with Crippen LogP contribution in [0.15, 0.2) is 35.3 Å². The Morgan fingerprint density at radius 3 is 2.46 bits per heavy atom. The molecule has 0 bridgehead atoms. The quantitative estimate of drug-likeness (QED) is 0.778. The van der Waals surface area contributed by atoms with Gasteiger partial charge in [-0.1, -0.05) is 17.7 Å². The molecule has 2 aromatic rings. The van der Waals surface area contributed by atoms with Crippen LogP contribution in [-0.4, -0.2) is 17.7 Å². The molecule has 2 aliphatic rings. The number of aromatic nitrogens is 1. The molecule has 0 spiro atoms. The van der Waals surface area contributed by atoms with Crippen LogP contribution >= 0.6 is 11.6 Å². The number of benzene rings is 1. The summed E-state index contributed by atoms with van der Waals surface area (Å²) < 4.78 is 28.8. The minimum atomic E-state index is -0.553. The summed E-state index contributed by atoms with van der Waals surface area (Å²) >= 11 is 6.35. The first kappa shape index (κ1) is 17.5. The maximum Gasteiger partial charge on any atom is 0.271 e. The van der Waals surface area contributed by atoms with Crippen molar-refractivity contribution < 1.29 is 8.78 Å². The maximum absolute atomic E-state index is 14.0. The van der Waals surface area contributed by atoms with Gasteiger partial charge >= 0.3 is 0 Å². The molecule has 0 amide bonds. The van der Waals surface area contributed by atoms with Crippen LogP contribution in [0.25, 0.3) is 0 Å². The number of piperidine rings is 1. The highest BCUT2D eigenvalue weighted by Crippen LogP contribution is 2.34. The van der Waals surface area contributed by atoms with E-state index < -0.39 is 11.6 Å². The van der Waals surface area contributed by atoms with E-state index in [1.807, 2.05) is 12.3 Å². The molecule has 1 aliphatic heterocycles. The van der Waals surface area contributed by atoms with Gasteiger partial charge in [-0.25, -0.2) is 8.78 Å². The highest BCUT2D eigenvalue weighted by Gasteiger charge is 2.26. The third-order valence-electron chi connectivity index (χ3n) is 5.48. The van der Waals surface area contributed by atoms with Gasteiger partial charge < -0.3 is 9.47 Å². The van der Waals surface area contributed by atoms with Crippen LogP contribution in [0.1, 0.15) is 37.2 Å². The van der Waals surface area contributed by atoms with Gasteiger partial charge in [0.1, 0.15) is 16.7 Å². The summed E-state index contributed by atoms with van der Waals surface area (Å²) in [4.78, 5) is 14.6. The van der Waals surface area contributed by atoms with E-state index in [2.05, 4.69) is 4.90 Å². The van der Waals surface area contributed by atoms with Crippen molar-refractivity contribution in [3.63, 3.8) is 0 Å². The molecule has 2 fully saturated rings. The van der Waals surface area contributed by atoms with Crippen LogP contribution in [0, 0.1) is 17.6 Å². The van der Waals surface area contributed by atoms with Gasteiger partial charge in [0.05, 0.1) is 5.69 Å². The summed E-state index contributed by atoms with van der Waals surface area (Å²) in [6.07, 6.45) is 5.67. The molecule has 2 heterocycles. The van der Waals surface area contributed by atoms with Crippen LogP contribution in [0.4, 0.5) is 14.5 Å². The fourth-order valence-corrected chi connectivity index (χ4v) is 4.06. The van der Waals surface area contributed by atoms with Gasteiger partial charge in [0.15, 0.2) is 0 Å². The molecule has 0 N–H and O–H groups in total. The van der Waals surface area contributed by atoms with Crippen LogP contribution in [0.2, 0.25) is 5.02 Å². The van der Waals surface area contributed by atoms with Crippen molar-refractivity contribution in [3.8, 4) is 0 Å². The summed E-state index contributed by atoms with van der Waals surface area (Å²) in [5, 5.41) is 0.263. The van der Waals surface area contributed by atoms with E-state index in [0.29, 0.717) is 24.6 Å². The fourth-order valence-electron chi connectivity index (χ4n) is 3.77. The lowest BCUT2D eigenvalue weighted by Gasteiger charge is -2.34. The number of pyridine rings is 1. The normalized spacial score (nSPS) is 18.3. The van der Waals surface area contributed by atoms with Gasteiger partial charge in [0, 0.05) is 31.9 Å². The first-order valence-corrected chi connectivity index (χ1v) is 9.49. The predicted molar refractivity (Wildman–Crippen MR) is 99.0 cm³/mol. The lowest BCUT2D eigenvalue weighted by atomic mass is 9.89. The van der Waals surface area contributed by atoms with Crippen molar-refractivity contribution in [1.29, 1.82) is 0 Å². The highest BCUT2D eigenvalue weighted by atomic mass is 35.5. The average Bonchev–Trinajstić information content (AvgIpc) is 3.44. The minimum Gasteiger partial charge on any atom is -0.370 e. The lowest BCUT2D eigenvalue weighted by molar-refractivity contribution is 0.477. The molecule has 1 saturated carbocycles. The fraction of sp³-hybridized carbons (Fsp3) is 0.450. The van der Waals surface area contributed by atoms with Gasteiger partial charge in [0.25, 0.3) is 5.56 Å². The van der Waals surface area contributed by atoms with Gasteiger partial charge in [-0.15, -0.1) is 0 Å². The van der Waals surface area contributed by atoms with E-state index in [1.54, 1.807) is 4.57 Å². The van der Waals surface area contributed by atoms with E-state index in [9.17, 15) is 13.6 Å². The van der Waals surface area contributed by atoms with Crippen molar-refractivity contribution in [3.05, 3.63) is 63.0 Å². The molecular formula is C20H21ClF2N2O. The van der Waals surface area contributed by atoms with Crippen LogP contribution in [0.5, 0.6) is 0 Å². The van der Waals surface area contributed by atoms with Gasteiger partial charge in [0.2, 0.25) is 0 Å². The van der Waals surface area contributed by atoms with E-state index in [1.165, 1.54) is 25.0 Å². The predicted octanol–water partition coefficient (Wildman–Crippen LogP) is 4.57. The van der Waals surface area contributed by atoms with Gasteiger partial charge in [-0.05, 0) is 55.2 Å². The number of nitrogens with zero attached hydrogens (tertiary/aromatic N) is 2. The molecule has 3 nitrogen and oxygen atoms in total. The second kappa shape index (κ2) is 7.03. The number of anilines is 1. The minimum absolute atomic E-state index is 0.0564. The standard InChI is InChI=1S/C20H21ClF2N2O/c21-19-18(7-10-25(20(19)26)12-13-1-2-13)24-8-5-14(6-9-24)16-4-3-15(22)11-17(16)23/h3-4,7,10-11,13-14H,1-2,5-6,8-9,12H2. The Morgan fingerprint density at radius 1 is 1.08 bits per heavy atom. The van der Waals surface area contributed by atoms with Crippen molar-refractivity contribution in [2.45, 2.75) is 38.1 Å². The highest BCUT2D eigenvalue weighted by molar-refractivity contribution is 6.33. The molecule has 1 aromatic heterocycles. The summed E-state index contributed by atoms with van der Waals surface area (Å²) in [6, 6.07) is 5.70. The molecule has 0 unspecified atom stereocenters. The van der Waals surface area contributed by atoms with Crippen LogP contribution < -0.4 is 10.5 Å². The van der Waals surface area contributed by atoms with Gasteiger partial charge in [-0.2, -0.15) is 0 Å². The smallest absolute Gasteiger partial charge is 0.271 e. The molecule has 138 valence electrons. The Morgan fingerprint density at radius 2 is 1.81 bits per heavy atom. The van der Waals surface area contributed by atoms with Gasteiger partial charge in [-0.3, -0.25) is 4.79 Å². The first-order valence-electron chi connectivity index (χ1n) is 9.12. The van der Waals surface area contributed by atoms with E-state index in [0.717, 1.165) is 31.1 Å². The van der Waals surface area contributed by atoms with Crippen LogP contribution in [0.3, 0.4) is 0 Å². The molecule has 26 heavy (non-hydrogen) atoms. The third-order valence-corrected chi connectivity index (χ3v) is 5.83. The van der Waals surface area contributed by atoms with Crippen molar-refractivity contribution in [1.82, 2.24) is 4.57 Å². The molecular weight excluding hydrogens is 358 g/mol. The zero-order valence-corrected chi connectivity index (χ0v) is 15.2. The summed E-state index contributed by atoms with van der Waals surface area (Å²) in [7, 11) is 0. The Hall–Kier alpha value is -1.88. The second-order valence-electron chi connectivity index (χ2n) is 7.34. The Labute approximate surface area is 156 Å². The largest absolute Gasteiger partial charge is 0.370 e. The Kier molecular flexibility index (Phi) is 4.74. The SMILES string of the molecule is O=c1c(Cl)c(N2CCC(c3ccc(F)cc3F)CC2)ccn1CC1CC1. The monoisotopic (exact) mass is 378 g/mol. The number of halogens is 3. The van der Waals surface area contributed by atoms with E-state index in [4.69, 9.17) is 11.6 Å². The Bertz CT molecular complexity index is 871. The Balaban J connectivity index is 1.47. The van der Waals surface area contributed by atoms with E-state index >= 15 is 0 Å². The molecule has 0 radical (unpaired) electrons. The maximum atomic E-state index is 14.0. The molecule has 1 aliphatic carbocycles. The van der Waals surface area contributed by atoms with Crippen molar-refractivity contribution in [2.24, 2.45) is 5.92 Å². The molecule has 4 rings (SSSR count). The number of hydrogen-bond acceptors (Lipinski definition) is 2. The zero-order chi connectivity index (χ0) is 18.3. The first-order chi connectivity index (χ1) is 12.5. The number of hydrogen-bond donors (Lipinski definition) is 0. The average molecular weight is 379 g/mol. The van der Waals surface area contributed by atoms with Crippen LogP contribution in [-0.2, 0) is 6.54 Å². The third kappa shape index (κ3) is 3.50.